The fraction of sp³-hybridized carbons (Fsp3) is 0.250. The predicted octanol–water partition coefficient (Wildman–Crippen LogP) is 4.29. The van der Waals surface area contributed by atoms with Crippen molar-refractivity contribution in [3.8, 4) is 0 Å². The van der Waals surface area contributed by atoms with Gasteiger partial charge in [0.25, 0.3) is 0 Å². The summed E-state index contributed by atoms with van der Waals surface area (Å²) in [6.45, 7) is 0. The van der Waals surface area contributed by atoms with Crippen LogP contribution in [-0.2, 0) is 10.6 Å². The smallest absolute Gasteiger partial charge is 0.166 e. The highest BCUT2D eigenvalue weighted by molar-refractivity contribution is 14.1. The Bertz CT molecular complexity index is 309. The van der Waals surface area contributed by atoms with Crippen LogP contribution in [0.2, 0.25) is 5.02 Å². The monoisotopic (exact) mass is 320 g/mol. The van der Waals surface area contributed by atoms with Crippen LogP contribution in [0, 0.1) is 0 Å². The van der Waals surface area contributed by atoms with E-state index in [1.54, 1.807) is 0 Å². The van der Waals surface area contributed by atoms with E-state index in [1.165, 1.54) is 6.07 Å². The van der Waals surface area contributed by atoms with Crippen molar-refractivity contribution in [3.63, 3.8) is 0 Å². The van der Waals surface area contributed by atoms with Crippen LogP contribution < -0.4 is 0 Å². The zero-order chi connectivity index (χ0) is 10.1. The first-order valence-electron chi connectivity index (χ1n) is 3.36. The van der Waals surface area contributed by atoms with Gasteiger partial charge in [-0.05, 0) is 23.8 Å². The van der Waals surface area contributed by atoms with E-state index in [2.05, 4.69) is 0 Å². The molecule has 0 bridgehead atoms. The molecule has 0 saturated heterocycles. The lowest BCUT2D eigenvalue weighted by Crippen LogP contribution is -2.05. The second-order valence-electron chi connectivity index (χ2n) is 2.44. The van der Waals surface area contributed by atoms with E-state index in [4.69, 9.17) is 11.6 Å². The minimum atomic E-state index is -4.29. The normalized spacial score (nSPS) is 11.8. The van der Waals surface area contributed by atoms with Crippen LogP contribution in [0.4, 0.5) is 13.2 Å². The lowest BCUT2D eigenvalue weighted by atomic mass is 10.1. The number of rotatable bonds is 1. The average Bonchev–Trinajstić information content (AvgIpc) is 2.03. The molecule has 1 aromatic rings. The van der Waals surface area contributed by atoms with Gasteiger partial charge >= 0.3 is 6.18 Å². The van der Waals surface area contributed by atoms with Gasteiger partial charge in [-0.2, -0.15) is 13.2 Å². The number of benzene rings is 1. The molecule has 0 nitrogen and oxygen atoms in total. The van der Waals surface area contributed by atoms with Crippen LogP contribution in [0.25, 0.3) is 0 Å². The van der Waals surface area contributed by atoms with Crippen molar-refractivity contribution < 1.29 is 13.2 Å². The second-order valence-corrected chi connectivity index (χ2v) is 3.61. The van der Waals surface area contributed by atoms with E-state index >= 15 is 0 Å². The summed E-state index contributed by atoms with van der Waals surface area (Å²) in [7, 11) is 0. The van der Waals surface area contributed by atoms with Crippen molar-refractivity contribution in [2.75, 3.05) is 0 Å². The minimum Gasteiger partial charge on any atom is -0.166 e. The fourth-order valence-corrected chi connectivity index (χ4v) is 1.89. The molecule has 1 rings (SSSR count). The van der Waals surface area contributed by atoms with Gasteiger partial charge < -0.3 is 0 Å². The van der Waals surface area contributed by atoms with Crippen LogP contribution in [0.5, 0.6) is 0 Å². The Morgan fingerprint density at radius 2 is 1.92 bits per heavy atom. The highest BCUT2D eigenvalue weighted by Crippen LogP contribution is 2.32. The van der Waals surface area contributed by atoms with Gasteiger partial charge in [-0.15, -0.1) is 0 Å². The zero-order valence-corrected chi connectivity index (χ0v) is 9.24. The van der Waals surface area contributed by atoms with E-state index < -0.39 is 11.7 Å². The molecular weight excluding hydrogens is 315 g/mol. The third-order valence-electron chi connectivity index (χ3n) is 1.52. The molecule has 0 aliphatic rings. The Kier molecular flexibility index (Phi) is 3.45. The molecule has 0 unspecified atom stereocenters. The van der Waals surface area contributed by atoms with E-state index in [0.717, 1.165) is 12.1 Å². The summed E-state index contributed by atoms with van der Waals surface area (Å²) in [6, 6.07) is 3.34. The first kappa shape index (κ1) is 11.1. The summed E-state index contributed by atoms with van der Waals surface area (Å²) < 4.78 is 37.0. The van der Waals surface area contributed by atoms with Gasteiger partial charge in [0, 0.05) is 9.45 Å². The molecule has 13 heavy (non-hydrogen) atoms. The lowest BCUT2D eigenvalue weighted by Gasteiger charge is -2.08. The molecule has 0 spiro atoms. The Morgan fingerprint density at radius 1 is 1.31 bits per heavy atom. The summed E-state index contributed by atoms with van der Waals surface area (Å²) >= 11 is 7.65. The van der Waals surface area contributed by atoms with Gasteiger partial charge in [0.2, 0.25) is 0 Å². The molecule has 1 aromatic carbocycles. The van der Waals surface area contributed by atoms with Crippen molar-refractivity contribution in [3.05, 3.63) is 34.3 Å². The van der Waals surface area contributed by atoms with Crippen LogP contribution in [0.3, 0.4) is 0 Å². The van der Waals surface area contributed by atoms with Gasteiger partial charge in [-0.25, -0.2) is 0 Å². The van der Waals surface area contributed by atoms with E-state index in [9.17, 15) is 13.2 Å². The van der Waals surface area contributed by atoms with Crippen molar-refractivity contribution in [1.82, 2.24) is 0 Å². The number of halogens is 5. The average molecular weight is 320 g/mol. The molecular formula is C8H5ClF3I. The molecule has 5 heteroatoms. The van der Waals surface area contributed by atoms with Crippen LogP contribution in [0.15, 0.2) is 18.2 Å². The van der Waals surface area contributed by atoms with E-state index in [-0.39, 0.29) is 0 Å². The van der Waals surface area contributed by atoms with Gasteiger partial charge in [0.05, 0.1) is 5.56 Å². The van der Waals surface area contributed by atoms with Crippen molar-refractivity contribution in [1.29, 1.82) is 0 Å². The van der Waals surface area contributed by atoms with Gasteiger partial charge in [0.15, 0.2) is 0 Å². The Balaban J connectivity index is 3.14. The zero-order valence-electron chi connectivity index (χ0n) is 6.33. The van der Waals surface area contributed by atoms with Crippen LogP contribution in [-0.4, -0.2) is 0 Å². The second kappa shape index (κ2) is 4.04. The summed E-state index contributed by atoms with van der Waals surface area (Å²) in [5.74, 6) is 0. The van der Waals surface area contributed by atoms with Crippen molar-refractivity contribution >= 4 is 34.2 Å². The van der Waals surface area contributed by atoms with E-state index in [1.807, 2.05) is 22.6 Å². The van der Waals surface area contributed by atoms with Gasteiger partial charge in [-0.1, -0.05) is 34.2 Å². The molecule has 0 saturated carbocycles. The maximum absolute atomic E-state index is 12.2. The molecule has 0 atom stereocenters. The maximum atomic E-state index is 12.2. The molecule has 0 fully saturated rings. The summed E-state index contributed by atoms with van der Waals surface area (Å²) in [5, 5.41) is 0.377. The topological polar surface area (TPSA) is 0 Å². The Morgan fingerprint density at radius 3 is 2.38 bits per heavy atom. The molecule has 0 N–H and O–H groups in total. The number of hydrogen-bond donors (Lipinski definition) is 0. The van der Waals surface area contributed by atoms with E-state index in [0.29, 0.717) is 15.0 Å². The fourth-order valence-electron chi connectivity index (χ4n) is 0.853. The largest absolute Gasteiger partial charge is 0.416 e. The highest BCUT2D eigenvalue weighted by Gasteiger charge is 2.30. The molecule has 0 heterocycles. The number of hydrogen-bond acceptors (Lipinski definition) is 0. The lowest BCUT2D eigenvalue weighted by molar-refractivity contribution is -0.137. The highest BCUT2D eigenvalue weighted by atomic mass is 127. The standard InChI is InChI=1S/C8H5ClF3I/c9-7-2-1-6(8(10,11)12)3-5(7)4-13/h1-3H,4H2. The molecule has 0 aliphatic heterocycles. The first-order valence-corrected chi connectivity index (χ1v) is 5.27. The molecule has 0 aliphatic carbocycles. The molecule has 0 amide bonds. The summed E-state index contributed by atoms with van der Waals surface area (Å²) in [4.78, 5) is 0. The van der Waals surface area contributed by atoms with Crippen LogP contribution in [0.1, 0.15) is 11.1 Å². The van der Waals surface area contributed by atoms with Crippen LogP contribution >= 0.6 is 34.2 Å². The first-order chi connectivity index (χ1) is 5.95. The Labute approximate surface area is 92.2 Å². The molecule has 0 radical (unpaired) electrons. The van der Waals surface area contributed by atoms with Gasteiger partial charge in [0.1, 0.15) is 0 Å². The third-order valence-corrected chi connectivity index (χ3v) is 2.71. The SMILES string of the molecule is FC(F)(F)c1ccc(Cl)c(CI)c1. The van der Waals surface area contributed by atoms with Gasteiger partial charge in [-0.3, -0.25) is 0 Å². The summed E-state index contributed by atoms with van der Waals surface area (Å²) in [5.41, 5.74) is -0.138. The van der Waals surface area contributed by atoms with Crippen molar-refractivity contribution in [2.45, 2.75) is 10.6 Å². The maximum Gasteiger partial charge on any atom is 0.416 e. The molecule has 72 valence electrons. The third kappa shape index (κ3) is 2.74. The quantitative estimate of drug-likeness (QED) is 0.535. The minimum absolute atomic E-state index is 0.377. The number of alkyl halides is 4. The van der Waals surface area contributed by atoms with Crippen molar-refractivity contribution in [2.24, 2.45) is 0 Å². The molecule has 0 aromatic heterocycles. The predicted molar refractivity (Wildman–Crippen MR) is 54.2 cm³/mol. The Hall–Kier alpha value is 0.0300. The summed E-state index contributed by atoms with van der Waals surface area (Å²) in [6.07, 6.45) is -4.29.